The molecule has 0 bridgehead atoms. The predicted octanol–water partition coefficient (Wildman–Crippen LogP) is 4.65. The van der Waals surface area contributed by atoms with Gasteiger partial charge in [-0.05, 0) is 49.4 Å². The minimum atomic E-state index is -3.91. The van der Waals surface area contributed by atoms with Gasteiger partial charge in [-0.1, -0.05) is 29.3 Å². The molecule has 166 valence electrons. The van der Waals surface area contributed by atoms with Crippen LogP contribution in [-0.4, -0.2) is 38.3 Å². The van der Waals surface area contributed by atoms with E-state index in [1.807, 2.05) is 0 Å². The molecule has 0 spiro atoms. The Morgan fingerprint density at radius 3 is 2.32 bits per heavy atom. The monoisotopic (exact) mass is 488 g/mol. The number of fused-ring (bicyclic) bond motifs is 1. The highest BCUT2D eigenvalue weighted by molar-refractivity contribution is 7.89. The Morgan fingerprint density at radius 1 is 1.03 bits per heavy atom. The zero-order valence-electron chi connectivity index (χ0n) is 16.5. The number of nitrogens with zero attached hydrogens (tertiary/aromatic N) is 2. The molecule has 0 unspecified atom stereocenters. The number of rotatable bonds is 3. The summed E-state index contributed by atoms with van der Waals surface area (Å²) < 4.78 is 55.3. The largest absolute Gasteiger partial charge is 0.309 e. The average Bonchev–Trinajstić information content (AvgIpc) is 2.72. The second-order valence-corrected chi connectivity index (χ2v) is 10.4. The van der Waals surface area contributed by atoms with Crippen LogP contribution in [0.4, 0.5) is 14.5 Å². The fourth-order valence-corrected chi connectivity index (χ4v) is 6.85. The van der Waals surface area contributed by atoms with Crippen LogP contribution < -0.4 is 4.90 Å². The van der Waals surface area contributed by atoms with Crippen LogP contribution in [0.15, 0.2) is 35.2 Å². The van der Waals surface area contributed by atoms with Crippen LogP contribution in [0.25, 0.3) is 0 Å². The third kappa shape index (κ3) is 4.18. The number of halogens is 4. The molecular formula is C21H20Cl2F2N2O3S. The number of piperidine rings is 1. The van der Waals surface area contributed by atoms with Crippen molar-refractivity contribution in [1.29, 1.82) is 0 Å². The van der Waals surface area contributed by atoms with Gasteiger partial charge in [0.05, 0.1) is 15.7 Å². The standard InChI is InChI=1S/C21H20Cl2F2N2O3S/c22-16-4-1-5-17(23)20(16)31(29,30)26-9-6-13(7-10-26)21(28)27-8-2-3-14-11-15(24)12-18(25)19(14)27/h1,4-5,11-13H,2-3,6-10H2. The summed E-state index contributed by atoms with van der Waals surface area (Å²) in [5.74, 6) is -2.14. The van der Waals surface area contributed by atoms with Crippen LogP contribution in [0, 0.1) is 17.6 Å². The predicted molar refractivity (Wildman–Crippen MR) is 115 cm³/mol. The van der Waals surface area contributed by atoms with E-state index in [9.17, 15) is 22.0 Å². The van der Waals surface area contributed by atoms with Crippen molar-refractivity contribution < 1.29 is 22.0 Å². The topological polar surface area (TPSA) is 57.7 Å². The minimum Gasteiger partial charge on any atom is -0.309 e. The maximum atomic E-state index is 14.4. The number of hydrogen-bond donors (Lipinski definition) is 0. The van der Waals surface area contributed by atoms with Gasteiger partial charge in [0.25, 0.3) is 0 Å². The maximum Gasteiger partial charge on any atom is 0.246 e. The van der Waals surface area contributed by atoms with Gasteiger partial charge in [-0.25, -0.2) is 17.2 Å². The first-order chi connectivity index (χ1) is 14.7. The fraction of sp³-hybridized carbons (Fsp3) is 0.381. The molecule has 2 aromatic carbocycles. The van der Waals surface area contributed by atoms with Crippen molar-refractivity contribution >= 4 is 44.8 Å². The normalized spacial score (nSPS) is 18.1. The smallest absolute Gasteiger partial charge is 0.246 e. The number of aryl methyl sites for hydroxylation is 1. The van der Waals surface area contributed by atoms with Crippen LogP contribution in [-0.2, 0) is 21.2 Å². The second-order valence-electron chi connectivity index (χ2n) is 7.72. The van der Waals surface area contributed by atoms with Gasteiger partial charge in [-0.15, -0.1) is 0 Å². The summed E-state index contributed by atoms with van der Waals surface area (Å²) in [6.07, 6.45) is 1.69. The summed E-state index contributed by atoms with van der Waals surface area (Å²) in [6.45, 7) is 0.585. The highest BCUT2D eigenvalue weighted by Crippen LogP contribution is 2.36. The van der Waals surface area contributed by atoms with E-state index >= 15 is 0 Å². The Kier molecular flexibility index (Phi) is 6.27. The first-order valence-corrected chi connectivity index (χ1v) is 12.1. The molecule has 0 atom stereocenters. The van der Waals surface area contributed by atoms with E-state index in [-0.39, 0.29) is 52.5 Å². The molecule has 1 saturated heterocycles. The van der Waals surface area contributed by atoms with E-state index in [0.717, 1.165) is 6.07 Å². The molecule has 0 aliphatic carbocycles. The number of hydrogen-bond acceptors (Lipinski definition) is 3. The Morgan fingerprint density at radius 2 is 1.68 bits per heavy atom. The van der Waals surface area contributed by atoms with Crippen LogP contribution >= 0.6 is 23.2 Å². The van der Waals surface area contributed by atoms with Gasteiger partial charge in [0.2, 0.25) is 15.9 Å². The molecular weight excluding hydrogens is 469 g/mol. The Bertz CT molecular complexity index is 1120. The number of benzene rings is 2. The van der Waals surface area contributed by atoms with Gasteiger partial charge in [-0.2, -0.15) is 4.31 Å². The summed E-state index contributed by atoms with van der Waals surface area (Å²) in [7, 11) is -3.91. The van der Waals surface area contributed by atoms with Crippen LogP contribution in [0.5, 0.6) is 0 Å². The quantitative estimate of drug-likeness (QED) is 0.631. The third-order valence-corrected chi connectivity index (χ3v) is 8.65. The first kappa shape index (κ1) is 22.5. The molecule has 2 aliphatic heterocycles. The van der Waals surface area contributed by atoms with E-state index < -0.39 is 27.6 Å². The number of sulfonamides is 1. The number of carbonyl (C=O) groups is 1. The zero-order valence-corrected chi connectivity index (χ0v) is 18.8. The molecule has 31 heavy (non-hydrogen) atoms. The molecule has 4 rings (SSSR count). The molecule has 0 saturated carbocycles. The Labute approximate surface area is 189 Å². The van der Waals surface area contributed by atoms with Gasteiger partial charge in [0.15, 0.2) is 0 Å². The van der Waals surface area contributed by atoms with Gasteiger partial charge in [0, 0.05) is 31.6 Å². The lowest BCUT2D eigenvalue weighted by atomic mass is 9.93. The Hall–Kier alpha value is -1.74. The van der Waals surface area contributed by atoms with Crippen molar-refractivity contribution in [2.24, 2.45) is 5.92 Å². The van der Waals surface area contributed by atoms with Gasteiger partial charge >= 0.3 is 0 Å². The van der Waals surface area contributed by atoms with Crippen molar-refractivity contribution in [2.75, 3.05) is 24.5 Å². The molecule has 1 fully saturated rings. The lowest BCUT2D eigenvalue weighted by Gasteiger charge is -2.36. The molecule has 0 aromatic heterocycles. The van der Waals surface area contributed by atoms with Crippen molar-refractivity contribution in [3.63, 3.8) is 0 Å². The maximum absolute atomic E-state index is 14.4. The van der Waals surface area contributed by atoms with E-state index in [1.54, 1.807) is 6.07 Å². The lowest BCUT2D eigenvalue weighted by molar-refractivity contribution is -0.123. The van der Waals surface area contributed by atoms with Crippen LogP contribution in [0.1, 0.15) is 24.8 Å². The highest BCUT2D eigenvalue weighted by atomic mass is 35.5. The first-order valence-electron chi connectivity index (χ1n) is 9.93. The summed E-state index contributed by atoms with van der Waals surface area (Å²) >= 11 is 12.1. The second kappa shape index (κ2) is 8.65. The van der Waals surface area contributed by atoms with E-state index in [2.05, 4.69) is 0 Å². The zero-order chi connectivity index (χ0) is 22.3. The van der Waals surface area contributed by atoms with Crippen molar-refractivity contribution in [1.82, 2.24) is 4.31 Å². The van der Waals surface area contributed by atoms with Gasteiger partial charge in [0.1, 0.15) is 16.5 Å². The van der Waals surface area contributed by atoms with Crippen molar-refractivity contribution in [2.45, 2.75) is 30.6 Å². The molecule has 2 aromatic rings. The number of amides is 1. The molecule has 2 heterocycles. The van der Waals surface area contributed by atoms with E-state index in [0.29, 0.717) is 24.9 Å². The molecule has 0 N–H and O–H groups in total. The van der Waals surface area contributed by atoms with E-state index in [1.165, 1.54) is 27.4 Å². The van der Waals surface area contributed by atoms with E-state index in [4.69, 9.17) is 23.2 Å². The fourth-order valence-electron chi connectivity index (χ4n) is 4.29. The summed E-state index contributed by atoms with van der Waals surface area (Å²) in [5.41, 5.74) is 0.612. The lowest BCUT2D eigenvalue weighted by Crippen LogP contribution is -2.46. The third-order valence-electron chi connectivity index (χ3n) is 5.79. The summed E-state index contributed by atoms with van der Waals surface area (Å²) in [6, 6.07) is 6.53. The van der Waals surface area contributed by atoms with Crippen LogP contribution in [0.3, 0.4) is 0 Å². The highest BCUT2D eigenvalue weighted by Gasteiger charge is 2.37. The number of carbonyl (C=O) groups excluding carboxylic acids is 1. The molecule has 1 amide bonds. The SMILES string of the molecule is O=C(C1CCN(S(=O)(=O)c2c(Cl)cccc2Cl)CC1)N1CCCc2cc(F)cc(F)c21. The molecule has 0 radical (unpaired) electrons. The Balaban J connectivity index is 1.51. The van der Waals surface area contributed by atoms with Gasteiger partial charge in [-0.3, -0.25) is 4.79 Å². The molecule has 5 nitrogen and oxygen atoms in total. The average molecular weight is 489 g/mol. The minimum absolute atomic E-state index is 0.0401. The van der Waals surface area contributed by atoms with Gasteiger partial charge < -0.3 is 4.90 Å². The van der Waals surface area contributed by atoms with Crippen molar-refractivity contribution in [3.8, 4) is 0 Å². The molecule has 2 aliphatic rings. The number of anilines is 1. The molecule has 10 heteroatoms. The summed E-state index contributed by atoms with van der Waals surface area (Å²) in [4.78, 5) is 14.4. The summed E-state index contributed by atoms with van der Waals surface area (Å²) in [5, 5.41) is 0.0802. The van der Waals surface area contributed by atoms with Crippen LogP contribution in [0.2, 0.25) is 10.0 Å². The van der Waals surface area contributed by atoms with Crippen molar-refractivity contribution in [3.05, 3.63) is 57.6 Å².